The average molecular weight is 494 g/mol. The van der Waals surface area contributed by atoms with Crippen LogP contribution in [0.25, 0.3) is 0 Å². The number of hydrogen-bond donors (Lipinski definition) is 1. The van der Waals surface area contributed by atoms with E-state index in [2.05, 4.69) is 25.7 Å². The standard InChI is InChI=1S/C29H48FNO4/c1-19-15-25-23-7-5-20-16-22(34-14-4-13-32)9-11-28(20,2)24(23)10-12-29(25,3)31(17-19)27(33)26-8-6-21(30)18-35-26/h19-26,32H,4-18H2,1-3H3. The van der Waals surface area contributed by atoms with E-state index < -0.39 is 12.3 Å². The smallest absolute Gasteiger partial charge is 0.252 e. The summed E-state index contributed by atoms with van der Waals surface area (Å²) in [6.07, 6.45) is 10.2. The van der Waals surface area contributed by atoms with Crippen LogP contribution < -0.4 is 0 Å². The largest absolute Gasteiger partial charge is 0.396 e. The Morgan fingerprint density at radius 2 is 1.91 bits per heavy atom. The van der Waals surface area contributed by atoms with Gasteiger partial charge in [0.05, 0.1) is 12.7 Å². The molecule has 2 aliphatic heterocycles. The van der Waals surface area contributed by atoms with Crippen molar-refractivity contribution in [2.75, 3.05) is 26.4 Å². The first-order valence-electron chi connectivity index (χ1n) is 14.6. The van der Waals surface area contributed by atoms with E-state index in [1.54, 1.807) is 0 Å². The molecule has 5 aliphatic rings. The maximum Gasteiger partial charge on any atom is 0.252 e. The molecule has 2 saturated heterocycles. The minimum atomic E-state index is -0.927. The molecule has 10 atom stereocenters. The molecule has 2 heterocycles. The normalized spacial score (nSPS) is 48.0. The highest BCUT2D eigenvalue weighted by Gasteiger charge is 2.60. The third kappa shape index (κ3) is 4.69. The fourth-order valence-corrected chi connectivity index (χ4v) is 9.21. The predicted octanol–water partition coefficient (Wildman–Crippen LogP) is 5.14. The van der Waals surface area contributed by atoms with Crippen molar-refractivity contribution in [3.63, 3.8) is 0 Å². The van der Waals surface area contributed by atoms with Crippen molar-refractivity contribution in [3.05, 3.63) is 0 Å². The van der Waals surface area contributed by atoms with Crippen molar-refractivity contribution in [3.8, 4) is 0 Å². The summed E-state index contributed by atoms with van der Waals surface area (Å²) >= 11 is 0. The third-order valence-corrected chi connectivity index (χ3v) is 11.2. The molecule has 5 nitrogen and oxygen atoms in total. The highest BCUT2D eigenvalue weighted by atomic mass is 19.1. The van der Waals surface area contributed by atoms with Crippen LogP contribution in [0.15, 0.2) is 0 Å². The summed E-state index contributed by atoms with van der Waals surface area (Å²) in [4.78, 5) is 15.9. The highest BCUT2D eigenvalue weighted by molar-refractivity contribution is 5.82. The van der Waals surface area contributed by atoms with Crippen LogP contribution in [0, 0.1) is 35.0 Å². The number of fused-ring (bicyclic) bond motifs is 5. The average Bonchev–Trinajstić information content (AvgIpc) is 2.84. The van der Waals surface area contributed by atoms with Crippen molar-refractivity contribution in [1.82, 2.24) is 4.90 Å². The van der Waals surface area contributed by atoms with E-state index in [-0.39, 0.29) is 24.7 Å². The van der Waals surface area contributed by atoms with Crippen LogP contribution in [-0.4, -0.2) is 66.2 Å². The van der Waals surface area contributed by atoms with E-state index in [1.165, 1.54) is 38.5 Å². The van der Waals surface area contributed by atoms with Gasteiger partial charge in [-0.1, -0.05) is 13.8 Å². The first-order chi connectivity index (χ1) is 16.8. The zero-order valence-corrected chi connectivity index (χ0v) is 22.2. The van der Waals surface area contributed by atoms with Gasteiger partial charge in [-0.25, -0.2) is 4.39 Å². The summed E-state index contributed by atoms with van der Waals surface area (Å²) in [6.45, 7) is 9.00. The summed E-state index contributed by atoms with van der Waals surface area (Å²) in [7, 11) is 0. The summed E-state index contributed by atoms with van der Waals surface area (Å²) in [5.41, 5.74) is 0.272. The van der Waals surface area contributed by atoms with Crippen molar-refractivity contribution in [1.29, 1.82) is 0 Å². The van der Waals surface area contributed by atoms with E-state index in [1.807, 2.05) is 0 Å². The van der Waals surface area contributed by atoms with Crippen molar-refractivity contribution in [2.24, 2.45) is 35.0 Å². The van der Waals surface area contributed by atoms with E-state index in [0.29, 0.717) is 48.7 Å². The Labute approximate surface area is 211 Å². The minimum Gasteiger partial charge on any atom is -0.396 e. The Kier molecular flexibility index (Phi) is 7.56. The predicted molar refractivity (Wildman–Crippen MR) is 134 cm³/mol. The van der Waals surface area contributed by atoms with Gasteiger partial charge < -0.3 is 19.5 Å². The fourth-order valence-electron chi connectivity index (χ4n) is 9.21. The first kappa shape index (κ1) is 25.9. The Bertz CT molecular complexity index is 757. The molecular formula is C29H48FNO4. The maximum absolute atomic E-state index is 13.7. The number of carbonyl (C=O) groups excluding carboxylic acids is 1. The SMILES string of the molecule is CC1CC2C3CCC4CC(OCCCO)CCC4(C)C3CCC2(C)N(C(=O)C2CCC(F)CO2)C1. The zero-order chi connectivity index (χ0) is 24.8. The van der Waals surface area contributed by atoms with Crippen LogP contribution >= 0.6 is 0 Å². The van der Waals surface area contributed by atoms with Gasteiger partial charge in [0.25, 0.3) is 5.91 Å². The molecule has 200 valence electrons. The Morgan fingerprint density at radius 3 is 2.66 bits per heavy atom. The molecule has 3 saturated carbocycles. The van der Waals surface area contributed by atoms with Gasteiger partial charge in [-0.15, -0.1) is 0 Å². The second-order valence-electron chi connectivity index (χ2n) is 13.2. The van der Waals surface area contributed by atoms with Gasteiger partial charge in [0, 0.05) is 25.3 Å². The number of alkyl halides is 1. The summed E-state index contributed by atoms with van der Waals surface area (Å²) in [5.74, 6) is 3.30. The fraction of sp³-hybridized carbons (Fsp3) is 0.966. The maximum atomic E-state index is 13.7. The lowest BCUT2D eigenvalue weighted by Gasteiger charge is -2.65. The van der Waals surface area contributed by atoms with E-state index in [0.717, 1.165) is 37.6 Å². The van der Waals surface area contributed by atoms with Crippen LogP contribution in [0.3, 0.4) is 0 Å². The van der Waals surface area contributed by atoms with E-state index in [9.17, 15) is 9.18 Å². The van der Waals surface area contributed by atoms with Crippen molar-refractivity contribution >= 4 is 5.91 Å². The second-order valence-corrected chi connectivity index (χ2v) is 13.2. The zero-order valence-electron chi connectivity index (χ0n) is 22.2. The summed E-state index contributed by atoms with van der Waals surface area (Å²) in [6, 6.07) is 0. The molecule has 0 aromatic heterocycles. The van der Waals surface area contributed by atoms with Crippen LogP contribution in [0.4, 0.5) is 4.39 Å². The number of carbonyl (C=O) groups is 1. The number of hydrogen-bond acceptors (Lipinski definition) is 4. The monoisotopic (exact) mass is 493 g/mol. The van der Waals surface area contributed by atoms with Crippen LogP contribution in [0.2, 0.25) is 0 Å². The van der Waals surface area contributed by atoms with Crippen molar-refractivity contribution in [2.45, 2.75) is 115 Å². The van der Waals surface area contributed by atoms with Gasteiger partial charge in [0.2, 0.25) is 0 Å². The molecule has 5 fully saturated rings. The molecule has 0 spiro atoms. The molecule has 5 rings (SSSR count). The van der Waals surface area contributed by atoms with E-state index >= 15 is 0 Å². The molecule has 1 N–H and O–H groups in total. The number of piperidine rings is 1. The van der Waals surface area contributed by atoms with Gasteiger partial charge in [-0.05, 0) is 113 Å². The van der Waals surface area contributed by atoms with Gasteiger partial charge >= 0.3 is 0 Å². The minimum absolute atomic E-state index is 0.0646. The van der Waals surface area contributed by atoms with Gasteiger partial charge in [-0.3, -0.25) is 4.79 Å². The lowest BCUT2D eigenvalue weighted by molar-refractivity contribution is -0.183. The second kappa shape index (κ2) is 10.2. The van der Waals surface area contributed by atoms with Crippen molar-refractivity contribution < 1.29 is 23.8 Å². The van der Waals surface area contributed by atoms with Crippen LogP contribution in [-0.2, 0) is 14.3 Å². The highest BCUT2D eigenvalue weighted by Crippen LogP contribution is 2.64. The lowest BCUT2D eigenvalue weighted by atomic mass is 9.44. The molecule has 6 heteroatoms. The number of halogens is 1. The Balaban J connectivity index is 1.31. The number of likely N-dealkylation sites (tertiary alicyclic amines) is 1. The number of ether oxygens (including phenoxy) is 2. The van der Waals surface area contributed by atoms with E-state index in [4.69, 9.17) is 14.6 Å². The molecule has 1 amide bonds. The third-order valence-electron chi connectivity index (χ3n) is 11.2. The van der Waals surface area contributed by atoms with Gasteiger partial charge in [0.1, 0.15) is 12.3 Å². The quantitative estimate of drug-likeness (QED) is 0.539. The number of rotatable bonds is 5. The Hall–Kier alpha value is -0.720. The molecule has 35 heavy (non-hydrogen) atoms. The number of amides is 1. The van der Waals surface area contributed by atoms with Gasteiger partial charge in [0.15, 0.2) is 0 Å². The number of nitrogens with zero attached hydrogens (tertiary/aromatic N) is 1. The topological polar surface area (TPSA) is 59.0 Å². The Morgan fingerprint density at radius 1 is 1.09 bits per heavy atom. The number of aliphatic hydroxyl groups excluding tert-OH is 1. The first-order valence-corrected chi connectivity index (χ1v) is 14.6. The van der Waals surface area contributed by atoms with Gasteiger partial charge in [-0.2, -0.15) is 0 Å². The number of aliphatic hydroxyl groups is 1. The van der Waals surface area contributed by atoms with Crippen LogP contribution in [0.1, 0.15) is 91.4 Å². The molecule has 3 aliphatic carbocycles. The molecule has 0 aromatic rings. The summed E-state index contributed by atoms with van der Waals surface area (Å²) in [5, 5.41) is 9.10. The molecular weight excluding hydrogens is 445 g/mol. The summed E-state index contributed by atoms with van der Waals surface area (Å²) < 4.78 is 25.5. The molecule has 0 radical (unpaired) electrons. The lowest BCUT2D eigenvalue weighted by Crippen LogP contribution is -2.67. The van der Waals surface area contributed by atoms with Crippen LogP contribution in [0.5, 0.6) is 0 Å². The molecule has 10 unspecified atom stereocenters. The molecule has 0 aromatic carbocycles. The molecule has 0 bridgehead atoms.